The molecule has 0 spiro atoms. The van der Waals surface area contributed by atoms with E-state index in [0.29, 0.717) is 6.04 Å². The Morgan fingerprint density at radius 2 is 2.12 bits per heavy atom. The zero-order valence-electron chi connectivity index (χ0n) is 5.72. The average molecular weight is 115 g/mol. The van der Waals surface area contributed by atoms with Crippen LogP contribution in [0.1, 0.15) is 13.3 Å². The molecule has 1 aliphatic carbocycles. The number of rotatable bonds is 2. The van der Waals surface area contributed by atoms with Crippen LogP contribution in [-0.2, 0) is 4.84 Å². The van der Waals surface area contributed by atoms with Crippen molar-refractivity contribution in [2.75, 3.05) is 14.2 Å². The minimum Gasteiger partial charge on any atom is -0.302 e. The molecule has 0 aromatic heterocycles. The second kappa shape index (κ2) is 2.03. The first-order chi connectivity index (χ1) is 3.75. The topological polar surface area (TPSA) is 12.5 Å². The predicted molar refractivity (Wildman–Crippen MR) is 32.3 cm³/mol. The highest BCUT2D eigenvalue weighted by atomic mass is 16.7. The quantitative estimate of drug-likeness (QED) is 0.495. The lowest BCUT2D eigenvalue weighted by Crippen LogP contribution is -2.19. The summed E-state index contributed by atoms with van der Waals surface area (Å²) in [4.78, 5) is 4.98. The molecule has 0 aromatic rings. The largest absolute Gasteiger partial charge is 0.302 e. The molecule has 1 saturated carbocycles. The Labute approximate surface area is 50.4 Å². The molecule has 0 aliphatic heterocycles. The molecule has 0 saturated heterocycles. The van der Waals surface area contributed by atoms with Crippen molar-refractivity contribution in [2.45, 2.75) is 19.4 Å². The monoisotopic (exact) mass is 115 g/mol. The third-order valence-corrected chi connectivity index (χ3v) is 1.82. The highest BCUT2D eigenvalue weighted by Gasteiger charge is 2.36. The van der Waals surface area contributed by atoms with Crippen LogP contribution >= 0.6 is 0 Å². The van der Waals surface area contributed by atoms with Crippen molar-refractivity contribution in [1.29, 1.82) is 0 Å². The van der Waals surface area contributed by atoms with Crippen LogP contribution in [0.4, 0.5) is 0 Å². The second-order valence-corrected chi connectivity index (χ2v) is 2.51. The standard InChI is InChI=1S/C6H13NO/c1-5-4-6(5)7(2)8-3/h5-6H,4H2,1-3H3/t5-,6+/m0/s1. The smallest absolute Gasteiger partial charge is 0.0575 e. The Bertz CT molecular complexity index is 82.6. The highest BCUT2D eigenvalue weighted by molar-refractivity contribution is 4.87. The molecule has 48 valence electrons. The number of nitrogens with zero attached hydrogens (tertiary/aromatic N) is 1. The Balaban J connectivity index is 2.18. The van der Waals surface area contributed by atoms with Crippen LogP contribution < -0.4 is 0 Å². The van der Waals surface area contributed by atoms with Crippen molar-refractivity contribution >= 4 is 0 Å². The van der Waals surface area contributed by atoms with Crippen LogP contribution in [0.3, 0.4) is 0 Å². The lowest BCUT2D eigenvalue weighted by molar-refractivity contribution is -0.119. The van der Waals surface area contributed by atoms with Gasteiger partial charge in [-0.05, 0) is 12.3 Å². The van der Waals surface area contributed by atoms with Gasteiger partial charge in [-0.15, -0.1) is 0 Å². The van der Waals surface area contributed by atoms with Gasteiger partial charge in [0.2, 0.25) is 0 Å². The maximum absolute atomic E-state index is 4.98. The van der Waals surface area contributed by atoms with Gasteiger partial charge in [-0.3, -0.25) is 0 Å². The lowest BCUT2D eigenvalue weighted by atomic mass is 10.5. The SMILES string of the molecule is CON(C)[C@@H]1C[C@@H]1C. The molecule has 0 amide bonds. The van der Waals surface area contributed by atoms with Crippen molar-refractivity contribution in [1.82, 2.24) is 5.06 Å². The van der Waals surface area contributed by atoms with Gasteiger partial charge in [-0.1, -0.05) is 6.92 Å². The molecular weight excluding hydrogens is 102 g/mol. The molecule has 0 heterocycles. The summed E-state index contributed by atoms with van der Waals surface area (Å²) in [7, 11) is 3.69. The zero-order valence-corrected chi connectivity index (χ0v) is 5.72. The molecule has 2 atom stereocenters. The van der Waals surface area contributed by atoms with Gasteiger partial charge < -0.3 is 4.84 Å². The molecular formula is C6H13NO. The summed E-state index contributed by atoms with van der Waals surface area (Å²) in [6.45, 7) is 2.24. The van der Waals surface area contributed by atoms with Crippen molar-refractivity contribution in [2.24, 2.45) is 5.92 Å². The summed E-state index contributed by atoms with van der Waals surface area (Å²) in [6, 6.07) is 0.694. The van der Waals surface area contributed by atoms with Crippen molar-refractivity contribution in [3.8, 4) is 0 Å². The molecule has 0 unspecified atom stereocenters. The van der Waals surface area contributed by atoms with Gasteiger partial charge in [-0.2, -0.15) is 5.06 Å². The Morgan fingerprint density at radius 3 is 2.25 bits per heavy atom. The first-order valence-electron chi connectivity index (χ1n) is 3.02. The van der Waals surface area contributed by atoms with Gasteiger partial charge in [0, 0.05) is 13.1 Å². The van der Waals surface area contributed by atoms with Gasteiger partial charge in [0.15, 0.2) is 0 Å². The maximum atomic E-state index is 4.98. The van der Waals surface area contributed by atoms with E-state index in [1.54, 1.807) is 7.11 Å². The van der Waals surface area contributed by atoms with Gasteiger partial charge in [0.25, 0.3) is 0 Å². The lowest BCUT2D eigenvalue weighted by Gasteiger charge is -2.11. The summed E-state index contributed by atoms with van der Waals surface area (Å²) in [5.41, 5.74) is 0. The summed E-state index contributed by atoms with van der Waals surface area (Å²) < 4.78 is 0. The van der Waals surface area contributed by atoms with E-state index in [1.807, 2.05) is 12.1 Å². The Morgan fingerprint density at radius 1 is 1.62 bits per heavy atom. The minimum atomic E-state index is 0.694. The van der Waals surface area contributed by atoms with E-state index in [1.165, 1.54) is 6.42 Å². The van der Waals surface area contributed by atoms with Crippen LogP contribution in [0, 0.1) is 5.92 Å². The summed E-state index contributed by atoms with van der Waals surface area (Å²) in [5, 5.41) is 1.92. The third kappa shape index (κ3) is 1.01. The molecule has 1 fully saturated rings. The first-order valence-corrected chi connectivity index (χ1v) is 3.02. The minimum absolute atomic E-state index is 0.694. The Hall–Kier alpha value is -0.0800. The van der Waals surface area contributed by atoms with Crippen LogP contribution in [-0.4, -0.2) is 25.3 Å². The molecule has 2 heteroatoms. The highest BCUT2D eigenvalue weighted by Crippen LogP contribution is 2.33. The number of hydrogen-bond donors (Lipinski definition) is 0. The summed E-state index contributed by atoms with van der Waals surface area (Å²) in [5.74, 6) is 0.847. The third-order valence-electron chi connectivity index (χ3n) is 1.82. The van der Waals surface area contributed by atoms with E-state index in [9.17, 15) is 0 Å². The average Bonchev–Trinajstić information content (AvgIpc) is 2.45. The van der Waals surface area contributed by atoms with Crippen LogP contribution in [0.15, 0.2) is 0 Å². The molecule has 0 radical (unpaired) electrons. The predicted octanol–water partition coefficient (Wildman–Crippen LogP) is 0.888. The van der Waals surface area contributed by atoms with E-state index in [0.717, 1.165) is 5.92 Å². The van der Waals surface area contributed by atoms with Crippen molar-refractivity contribution < 1.29 is 4.84 Å². The van der Waals surface area contributed by atoms with Crippen LogP contribution in [0.25, 0.3) is 0 Å². The first kappa shape index (κ1) is 6.05. The zero-order chi connectivity index (χ0) is 6.15. The molecule has 0 bridgehead atoms. The van der Waals surface area contributed by atoms with E-state index in [4.69, 9.17) is 4.84 Å². The molecule has 2 nitrogen and oxygen atoms in total. The molecule has 0 N–H and O–H groups in total. The van der Waals surface area contributed by atoms with Gasteiger partial charge in [0.05, 0.1) is 7.11 Å². The number of hydrogen-bond acceptors (Lipinski definition) is 2. The van der Waals surface area contributed by atoms with Crippen molar-refractivity contribution in [3.05, 3.63) is 0 Å². The van der Waals surface area contributed by atoms with Crippen LogP contribution in [0.2, 0.25) is 0 Å². The van der Waals surface area contributed by atoms with Gasteiger partial charge in [0.1, 0.15) is 0 Å². The fourth-order valence-electron chi connectivity index (χ4n) is 0.945. The fourth-order valence-corrected chi connectivity index (χ4v) is 0.945. The van der Waals surface area contributed by atoms with E-state index in [-0.39, 0.29) is 0 Å². The Kier molecular flexibility index (Phi) is 1.54. The number of hydroxylamine groups is 2. The van der Waals surface area contributed by atoms with Crippen molar-refractivity contribution in [3.63, 3.8) is 0 Å². The molecule has 1 rings (SSSR count). The summed E-state index contributed by atoms with van der Waals surface area (Å²) >= 11 is 0. The second-order valence-electron chi connectivity index (χ2n) is 2.51. The van der Waals surface area contributed by atoms with E-state index in [2.05, 4.69) is 6.92 Å². The molecule has 8 heavy (non-hydrogen) atoms. The maximum Gasteiger partial charge on any atom is 0.0575 e. The fraction of sp³-hybridized carbons (Fsp3) is 1.00. The van der Waals surface area contributed by atoms with E-state index < -0.39 is 0 Å². The summed E-state index contributed by atoms with van der Waals surface area (Å²) in [6.07, 6.45) is 1.30. The van der Waals surface area contributed by atoms with Gasteiger partial charge >= 0.3 is 0 Å². The van der Waals surface area contributed by atoms with E-state index >= 15 is 0 Å². The van der Waals surface area contributed by atoms with Gasteiger partial charge in [-0.25, -0.2) is 0 Å². The molecule has 0 aromatic carbocycles. The van der Waals surface area contributed by atoms with Crippen LogP contribution in [0.5, 0.6) is 0 Å². The molecule has 1 aliphatic rings. The normalized spacial score (nSPS) is 36.0.